The third kappa shape index (κ3) is 3.60. The van der Waals surface area contributed by atoms with Crippen molar-refractivity contribution in [3.8, 4) is 0 Å². The van der Waals surface area contributed by atoms with E-state index in [0.717, 1.165) is 17.4 Å². The maximum absolute atomic E-state index is 11.3. The molecule has 4 nitrogen and oxygen atoms in total. The van der Waals surface area contributed by atoms with Gasteiger partial charge in [-0.05, 0) is 5.56 Å². The van der Waals surface area contributed by atoms with Crippen LogP contribution in [0.4, 0.5) is 0 Å². The van der Waals surface area contributed by atoms with E-state index in [-0.39, 0.29) is 0 Å². The summed E-state index contributed by atoms with van der Waals surface area (Å²) in [7, 11) is 0. The number of carbonyl (C=O) groups is 1. The second-order valence-electron chi connectivity index (χ2n) is 5.15. The Kier molecular flexibility index (Phi) is 4.96. The molecular formula is C18H18O4. The first-order chi connectivity index (χ1) is 10.9. The lowest BCUT2D eigenvalue weighted by atomic mass is 10.1. The Morgan fingerprint density at radius 3 is 2.41 bits per heavy atom. The van der Waals surface area contributed by atoms with Crippen molar-refractivity contribution in [1.29, 1.82) is 0 Å². The van der Waals surface area contributed by atoms with Gasteiger partial charge in [0.25, 0.3) is 0 Å². The molecule has 114 valence electrons. The summed E-state index contributed by atoms with van der Waals surface area (Å²) >= 11 is 0. The number of benzene rings is 2. The number of rotatable bonds is 5. The van der Waals surface area contributed by atoms with Gasteiger partial charge in [-0.3, -0.25) is 0 Å². The molecule has 4 heteroatoms. The first-order valence-corrected chi connectivity index (χ1v) is 7.29. The summed E-state index contributed by atoms with van der Waals surface area (Å²) in [6.45, 7) is 0.758. The van der Waals surface area contributed by atoms with E-state index in [9.17, 15) is 4.79 Å². The second-order valence-corrected chi connectivity index (χ2v) is 5.15. The highest BCUT2D eigenvalue weighted by atomic mass is 16.7. The molecule has 0 spiro atoms. The van der Waals surface area contributed by atoms with Crippen LogP contribution in [-0.4, -0.2) is 25.1 Å². The molecule has 0 aromatic heterocycles. The number of hydrogen-bond donors (Lipinski definition) is 0. The molecule has 22 heavy (non-hydrogen) atoms. The second kappa shape index (κ2) is 7.31. The lowest BCUT2D eigenvalue weighted by Crippen LogP contribution is -2.43. The summed E-state index contributed by atoms with van der Waals surface area (Å²) in [5, 5.41) is 0. The molecule has 1 unspecified atom stereocenters. The lowest BCUT2D eigenvalue weighted by Gasteiger charge is -2.33. The van der Waals surface area contributed by atoms with E-state index in [1.807, 2.05) is 60.7 Å². The van der Waals surface area contributed by atoms with Crippen molar-refractivity contribution in [3.05, 3.63) is 71.8 Å². The quantitative estimate of drug-likeness (QED) is 0.796. The van der Waals surface area contributed by atoms with Crippen molar-refractivity contribution in [1.82, 2.24) is 0 Å². The highest BCUT2D eigenvalue weighted by molar-refractivity contribution is 5.57. The maximum atomic E-state index is 11.3. The summed E-state index contributed by atoms with van der Waals surface area (Å²) in [6, 6.07) is 19.4. The molecule has 0 aliphatic carbocycles. The first kappa shape index (κ1) is 14.9. The molecular weight excluding hydrogens is 280 g/mol. The molecule has 3 rings (SSSR count). The van der Waals surface area contributed by atoms with Crippen LogP contribution in [0.1, 0.15) is 17.4 Å². The standard InChI is InChI=1S/C18H18O4/c19-11-16-17(20-12-14-7-3-1-4-8-14)13-21-18(22-16)15-9-5-2-6-10-15/h1-11,16-18H,12-13H2/t16-,17-,18?/m0/s1. The zero-order chi connectivity index (χ0) is 15.2. The zero-order valence-electron chi connectivity index (χ0n) is 12.1. The van der Waals surface area contributed by atoms with E-state index in [0.29, 0.717) is 13.2 Å². The van der Waals surface area contributed by atoms with E-state index in [2.05, 4.69) is 0 Å². The minimum Gasteiger partial charge on any atom is -0.368 e. The highest BCUT2D eigenvalue weighted by Gasteiger charge is 2.33. The van der Waals surface area contributed by atoms with Crippen LogP contribution >= 0.6 is 0 Å². The first-order valence-electron chi connectivity index (χ1n) is 7.29. The summed E-state index contributed by atoms with van der Waals surface area (Å²) < 4.78 is 17.2. The minimum absolute atomic E-state index is 0.329. The van der Waals surface area contributed by atoms with Gasteiger partial charge in [-0.15, -0.1) is 0 Å². The molecule has 0 saturated carbocycles. The number of ether oxygens (including phenoxy) is 3. The molecule has 1 heterocycles. The van der Waals surface area contributed by atoms with Crippen molar-refractivity contribution in [2.75, 3.05) is 6.61 Å². The summed E-state index contributed by atoms with van der Waals surface area (Å²) in [5.41, 5.74) is 1.95. The fourth-order valence-corrected chi connectivity index (χ4v) is 2.37. The van der Waals surface area contributed by atoms with Crippen molar-refractivity contribution in [2.24, 2.45) is 0 Å². The van der Waals surface area contributed by atoms with Crippen LogP contribution in [0.25, 0.3) is 0 Å². The predicted octanol–water partition coefficient (Wildman–Crippen LogP) is 2.88. The SMILES string of the molecule is O=C[C@@H]1OC(c2ccccc2)OC[C@@H]1OCc1ccccc1. The Balaban J connectivity index is 1.60. The summed E-state index contributed by atoms with van der Waals surface area (Å²) in [4.78, 5) is 11.3. The van der Waals surface area contributed by atoms with E-state index in [4.69, 9.17) is 14.2 Å². The minimum atomic E-state index is -0.623. The van der Waals surface area contributed by atoms with Gasteiger partial charge in [0, 0.05) is 5.56 Å². The fourth-order valence-electron chi connectivity index (χ4n) is 2.37. The highest BCUT2D eigenvalue weighted by Crippen LogP contribution is 2.27. The Morgan fingerprint density at radius 1 is 1.05 bits per heavy atom. The number of carbonyl (C=O) groups excluding carboxylic acids is 1. The molecule has 1 fully saturated rings. The molecule has 1 saturated heterocycles. The van der Waals surface area contributed by atoms with Gasteiger partial charge in [0.2, 0.25) is 0 Å². The van der Waals surface area contributed by atoms with Gasteiger partial charge >= 0.3 is 0 Å². The van der Waals surface area contributed by atoms with Crippen LogP contribution in [0.15, 0.2) is 60.7 Å². The molecule has 1 aliphatic rings. The van der Waals surface area contributed by atoms with Crippen molar-refractivity contribution in [3.63, 3.8) is 0 Å². The van der Waals surface area contributed by atoms with Crippen LogP contribution < -0.4 is 0 Å². The van der Waals surface area contributed by atoms with Gasteiger partial charge in [-0.2, -0.15) is 0 Å². The van der Waals surface area contributed by atoms with Crippen LogP contribution in [-0.2, 0) is 25.6 Å². The summed E-state index contributed by atoms with van der Waals surface area (Å²) in [5.74, 6) is 0. The topological polar surface area (TPSA) is 44.8 Å². The van der Waals surface area contributed by atoms with Crippen molar-refractivity contribution in [2.45, 2.75) is 25.1 Å². The fraction of sp³-hybridized carbons (Fsp3) is 0.278. The van der Waals surface area contributed by atoms with Gasteiger partial charge in [-0.25, -0.2) is 0 Å². The number of aldehydes is 1. The van der Waals surface area contributed by atoms with E-state index >= 15 is 0 Å². The Morgan fingerprint density at radius 2 is 1.73 bits per heavy atom. The van der Waals surface area contributed by atoms with Crippen LogP contribution in [0.5, 0.6) is 0 Å². The van der Waals surface area contributed by atoms with Crippen molar-refractivity contribution < 1.29 is 19.0 Å². The van der Waals surface area contributed by atoms with E-state index in [1.165, 1.54) is 0 Å². The average molecular weight is 298 g/mol. The van der Waals surface area contributed by atoms with Gasteiger partial charge in [0.05, 0.1) is 13.2 Å². The van der Waals surface area contributed by atoms with Gasteiger partial charge in [-0.1, -0.05) is 60.7 Å². The number of hydrogen-bond acceptors (Lipinski definition) is 4. The smallest absolute Gasteiger partial charge is 0.184 e. The molecule has 3 atom stereocenters. The van der Waals surface area contributed by atoms with Crippen molar-refractivity contribution >= 4 is 6.29 Å². The lowest BCUT2D eigenvalue weighted by molar-refractivity contribution is -0.257. The molecule has 2 aromatic carbocycles. The predicted molar refractivity (Wildman–Crippen MR) is 81.1 cm³/mol. The Hall–Kier alpha value is -2.01. The molecule has 0 amide bonds. The molecule has 0 bridgehead atoms. The molecule has 1 aliphatic heterocycles. The molecule has 0 radical (unpaired) electrons. The third-order valence-electron chi connectivity index (χ3n) is 3.57. The van der Waals surface area contributed by atoms with Crippen LogP contribution in [0, 0.1) is 0 Å². The van der Waals surface area contributed by atoms with E-state index < -0.39 is 18.5 Å². The maximum Gasteiger partial charge on any atom is 0.184 e. The molecule has 0 N–H and O–H groups in total. The monoisotopic (exact) mass is 298 g/mol. The average Bonchev–Trinajstić information content (AvgIpc) is 2.61. The van der Waals surface area contributed by atoms with Crippen LogP contribution in [0.2, 0.25) is 0 Å². The third-order valence-corrected chi connectivity index (χ3v) is 3.57. The van der Waals surface area contributed by atoms with Gasteiger partial charge in [0.1, 0.15) is 12.2 Å². The Labute approximate surface area is 129 Å². The normalized spacial score (nSPS) is 24.8. The van der Waals surface area contributed by atoms with Gasteiger partial charge < -0.3 is 19.0 Å². The van der Waals surface area contributed by atoms with Crippen LogP contribution in [0.3, 0.4) is 0 Å². The van der Waals surface area contributed by atoms with Gasteiger partial charge in [0.15, 0.2) is 12.6 Å². The zero-order valence-corrected chi connectivity index (χ0v) is 12.1. The van der Waals surface area contributed by atoms with E-state index in [1.54, 1.807) is 0 Å². The Bertz CT molecular complexity index is 585. The largest absolute Gasteiger partial charge is 0.368 e. The molecule has 2 aromatic rings. The summed E-state index contributed by atoms with van der Waals surface area (Å²) in [6.07, 6.45) is -0.748.